The molecule has 5 aromatic rings. The standard InChI is InChI=1S/C24H17F4N5O/c25-18-7-6-15(24(26,27)28)11-20(18)32-23(34)31-19-4-1-5-21-17(19)8-10-33(21)13-14-12-30-22-16(14)3-2-9-29-22/h1-12H,13H2,(H,29,30)(H2,31,32,34)/i13D2. The molecule has 0 saturated heterocycles. The first-order valence-corrected chi connectivity index (χ1v) is 10.0. The van der Waals surface area contributed by atoms with E-state index >= 15 is 0 Å². The number of benzene rings is 2. The smallest absolute Gasteiger partial charge is 0.346 e. The van der Waals surface area contributed by atoms with Gasteiger partial charge in [-0.3, -0.25) is 0 Å². The summed E-state index contributed by atoms with van der Waals surface area (Å²) in [5.41, 5.74) is -0.133. The number of amides is 2. The van der Waals surface area contributed by atoms with E-state index < -0.39 is 35.8 Å². The van der Waals surface area contributed by atoms with Crippen LogP contribution in [-0.2, 0) is 12.7 Å². The molecule has 0 fully saturated rings. The number of hydrogen-bond acceptors (Lipinski definition) is 2. The Hall–Kier alpha value is -4.34. The van der Waals surface area contributed by atoms with Gasteiger partial charge in [0.1, 0.15) is 11.5 Å². The topological polar surface area (TPSA) is 74.7 Å². The second kappa shape index (κ2) is 8.22. The molecule has 0 unspecified atom stereocenters. The van der Waals surface area contributed by atoms with E-state index in [2.05, 4.69) is 20.6 Å². The highest BCUT2D eigenvalue weighted by atomic mass is 19.4. The van der Waals surface area contributed by atoms with Gasteiger partial charge in [0, 0.05) is 35.9 Å². The van der Waals surface area contributed by atoms with Crippen molar-refractivity contribution in [1.29, 1.82) is 0 Å². The van der Waals surface area contributed by atoms with Gasteiger partial charge in [-0.25, -0.2) is 14.2 Å². The number of pyridine rings is 1. The van der Waals surface area contributed by atoms with Crippen molar-refractivity contribution in [3.63, 3.8) is 0 Å². The fourth-order valence-electron chi connectivity index (χ4n) is 3.63. The lowest BCUT2D eigenvalue weighted by atomic mass is 10.2. The fourth-order valence-corrected chi connectivity index (χ4v) is 3.63. The monoisotopic (exact) mass is 469 g/mol. The molecule has 34 heavy (non-hydrogen) atoms. The van der Waals surface area contributed by atoms with Crippen LogP contribution < -0.4 is 10.6 Å². The maximum atomic E-state index is 14.0. The number of halogens is 4. The molecule has 2 amide bonds. The number of aromatic amines is 1. The SMILES string of the molecule is [2H]C([2H])(c1c[nH]c2ncccc12)n1ccc2c(NC(=O)Nc3cc(C(F)(F)F)ccc3F)cccc21. The zero-order valence-corrected chi connectivity index (χ0v) is 17.2. The van der Waals surface area contributed by atoms with Crippen LogP contribution in [0.3, 0.4) is 0 Å². The third kappa shape index (κ3) is 4.05. The van der Waals surface area contributed by atoms with Gasteiger partial charge in [-0.2, -0.15) is 13.2 Å². The number of nitrogens with zero attached hydrogens (tertiary/aromatic N) is 2. The van der Waals surface area contributed by atoms with Crippen molar-refractivity contribution in [2.24, 2.45) is 0 Å². The van der Waals surface area contributed by atoms with Gasteiger partial charge in [0.15, 0.2) is 0 Å². The maximum Gasteiger partial charge on any atom is 0.416 e. The number of anilines is 2. The summed E-state index contributed by atoms with van der Waals surface area (Å²) in [7, 11) is 0. The van der Waals surface area contributed by atoms with Gasteiger partial charge < -0.3 is 20.2 Å². The second-order valence-electron chi connectivity index (χ2n) is 7.41. The van der Waals surface area contributed by atoms with Gasteiger partial charge in [-0.15, -0.1) is 0 Å². The van der Waals surface area contributed by atoms with Gasteiger partial charge in [-0.1, -0.05) is 6.07 Å². The number of carbonyl (C=O) groups is 1. The largest absolute Gasteiger partial charge is 0.416 e. The molecule has 0 spiro atoms. The Kier molecular flexibility index (Phi) is 4.63. The minimum Gasteiger partial charge on any atom is -0.346 e. The molecule has 0 aliphatic heterocycles. The van der Waals surface area contributed by atoms with Crippen molar-refractivity contribution in [1.82, 2.24) is 14.5 Å². The Bertz CT molecular complexity index is 1610. The Morgan fingerprint density at radius 2 is 1.88 bits per heavy atom. The minimum absolute atomic E-state index is 0.257. The molecule has 0 saturated carbocycles. The molecule has 172 valence electrons. The molecule has 0 bridgehead atoms. The van der Waals surface area contributed by atoms with Crippen LogP contribution in [0.5, 0.6) is 0 Å². The van der Waals surface area contributed by atoms with Crippen LogP contribution >= 0.6 is 0 Å². The number of rotatable bonds is 4. The summed E-state index contributed by atoms with van der Waals surface area (Å²) in [5, 5.41) is 5.68. The number of H-pyrrole nitrogens is 1. The summed E-state index contributed by atoms with van der Waals surface area (Å²) >= 11 is 0. The highest BCUT2D eigenvalue weighted by Gasteiger charge is 2.31. The summed E-state index contributed by atoms with van der Waals surface area (Å²) < 4.78 is 71.9. The molecular weight excluding hydrogens is 450 g/mol. The van der Waals surface area contributed by atoms with E-state index in [9.17, 15) is 22.4 Å². The van der Waals surface area contributed by atoms with Crippen LogP contribution in [0, 0.1) is 5.82 Å². The third-order valence-corrected chi connectivity index (χ3v) is 5.22. The maximum absolute atomic E-state index is 14.0. The molecular formula is C24H17F4N5O. The summed E-state index contributed by atoms with van der Waals surface area (Å²) in [6, 6.07) is 10.6. The molecule has 3 N–H and O–H groups in total. The lowest BCUT2D eigenvalue weighted by Gasteiger charge is -2.12. The Morgan fingerprint density at radius 1 is 1.06 bits per heavy atom. The zero-order chi connectivity index (χ0) is 25.7. The second-order valence-corrected chi connectivity index (χ2v) is 7.41. The number of aromatic nitrogens is 3. The number of fused-ring (bicyclic) bond motifs is 2. The zero-order valence-electron chi connectivity index (χ0n) is 19.2. The molecule has 3 aromatic heterocycles. The lowest BCUT2D eigenvalue weighted by Crippen LogP contribution is -2.20. The van der Waals surface area contributed by atoms with Crippen LogP contribution in [0.2, 0.25) is 0 Å². The van der Waals surface area contributed by atoms with Crippen LogP contribution in [-0.4, -0.2) is 20.6 Å². The Balaban J connectivity index is 1.45. The van der Waals surface area contributed by atoms with Crippen LogP contribution in [0.1, 0.15) is 13.9 Å². The first-order valence-electron chi connectivity index (χ1n) is 11.0. The van der Waals surface area contributed by atoms with Gasteiger partial charge in [0.25, 0.3) is 0 Å². The first-order chi connectivity index (χ1) is 17.1. The van der Waals surface area contributed by atoms with Crippen molar-refractivity contribution in [2.75, 3.05) is 10.6 Å². The number of nitrogens with one attached hydrogen (secondary N) is 3. The molecule has 0 aliphatic rings. The normalized spacial score (nSPS) is 13.1. The van der Waals surface area contributed by atoms with E-state index in [1.807, 2.05) is 0 Å². The van der Waals surface area contributed by atoms with Crippen LogP contribution in [0.25, 0.3) is 21.9 Å². The van der Waals surface area contributed by atoms with E-state index in [1.54, 1.807) is 48.8 Å². The molecule has 0 radical (unpaired) electrons. The number of carbonyl (C=O) groups excluding carboxylic acids is 1. The molecule has 3 heterocycles. The first kappa shape index (κ1) is 19.2. The number of urea groups is 1. The highest BCUT2D eigenvalue weighted by Crippen LogP contribution is 2.32. The summed E-state index contributed by atoms with van der Waals surface area (Å²) in [6.45, 7) is -1.99. The van der Waals surface area contributed by atoms with Gasteiger partial charge in [0.05, 0.1) is 25.2 Å². The average molecular weight is 469 g/mol. The molecule has 5 rings (SSSR count). The average Bonchev–Trinajstić information content (AvgIpc) is 3.45. The molecule has 2 aromatic carbocycles. The van der Waals surface area contributed by atoms with Gasteiger partial charge >= 0.3 is 12.2 Å². The molecule has 0 aliphatic carbocycles. The number of alkyl halides is 3. The number of hydrogen-bond donors (Lipinski definition) is 3. The molecule has 10 heteroatoms. The third-order valence-electron chi connectivity index (χ3n) is 5.22. The van der Waals surface area contributed by atoms with E-state index in [-0.39, 0.29) is 5.69 Å². The quantitative estimate of drug-likeness (QED) is 0.268. The van der Waals surface area contributed by atoms with Crippen LogP contribution in [0.15, 0.2) is 73.2 Å². The summed E-state index contributed by atoms with van der Waals surface area (Å²) in [6.07, 6.45) is -0.0372. The summed E-state index contributed by atoms with van der Waals surface area (Å²) in [5.74, 6) is -1.02. The van der Waals surface area contributed by atoms with E-state index in [0.29, 0.717) is 45.7 Å². The Morgan fingerprint density at radius 3 is 2.71 bits per heavy atom. The van der Waals surface area contributed by atoms with Gasteiger partial charge in [-0.05, 0) is 54.1 Å². The Labute approximate surface area is 193 Å². The molecule has 6 nitrogen and oxygen atoms in total. The highest BCUT2D eigenvalue weighted by molar-refractivity contribution is 6.06. The molecule has 0 atom stereocenters. The van der Waals surface area contributed by atoms with E-state index in [0.717, 1.165) is 0 Å². The van der Waals surface area contributed by atoms with Crippen molar-refractivity contribution < 1.29 is 25.1 Å². The predicted octanol–water partition coefficient (Wildman–Crippen LogP) is 6.37. The van der Waals surface area contributed by atoms with E-state index in [1.165, 1.54) is 10.8 Å². The van der Waals surface area contributed by atoms with E-state index in [4.69, 9.17) is 2.74 Å². The minimum atomic E-state index is -4.70. The van der Waals surface area contributed by atoms with Crippen molar-refractivity contribution in [3.05, 3.63) is 90.1 Å². The van der Waals surface area contributed by atoms with Crippen LogP contribution in [0.4, 0.5) is 33.7 Å². The predicted molar refractivity (Wildman–Crippen MR) is 121 cm³/mol. The summed E-state index contributed by atoms with van der Waals surface area (Å²) in [4.78, 5) is 19.7. The lowest BCUT2D eigenvalue weighted by molar-refractivity contribution is -0.137. The fraction of sp³-hybridized carbons (Fsp3) is 0.0833. The van der Waals surface area contributed by atoms with Crippen molar-refractivity contribution >= 4 is 39.3 Å². The van der Waals surface area contributed by atoms with Crippen molar-refractivity contribution in [3.8, 4) is 0 Å². The van der Waals surface area contributed by atoms with Crippen molar-refractivity contribution in [2.45, 2.75) is 12.7 Å². The van der Waals surface area contributed by atoms with Gasteiger partial charge in [0.2, 0.25) is 0 Å².